The molecular weight excluding hydrogens is 330 g/mol. The minimum absolute atomic E-state index is 0.214. The van der Waals surface area contributed by atoms with E-state index < -0.39 is 11.8 Å². The Morgan fingerprint density at radius 1 is 1.12 bits per heavy atom. The molecule has 0 saturated heterocycles. The predicted molar refractivity (Wildman–Crippen MR) is 97.6 cm³/mol. The van der Waals surface area contributed by atoms with E-state index in [1.807, 2.05) is 37.3 Å². The van der Waals surface area contributed by atoms with E-state index in [2.05, 4.69) is 15.4 Å². The summed E-state index contributed by atoms with van der Waals surface area (Å²) in [4.78, 5) is 30.1. The Morgan fingerprint density at radius 3 is 2.50 bits per heavy atom. The van der Waals surface area contributed by atoms with Gasteiger partial charge in [-0.2, -0.15) is 5.10 Å². The number of pyridine rings is 1. The van der Waals surface area contributed by atoms with Gasteiger partial charge in [0.25, 0.3) is 0 Å². The van der Waals surface area contributed by atoms with Crippen LogP contribution in [0, 0.1) is 0 Å². The maximum Gasteiger partial charge on any atom is 0.313 e. The van der Waals surface area contributed by atoms with Crippen LogP contribution in [0.3, 0.4) is 0 Å². The summed E-state index contributed by atoms with van der Waals surface area (Å²) in [6, 6.07) is 12.9. The van der Waals surface area contributed by atoms with Crippen molar-refractivity contribution >= 4 is 17.5 Å². The Labute approximate surface area is 151 Å². The largest absolute Gasteiger partial charge is 0.331 e. The van der Waals surface area contributed by atoms with Crippen molar-refractivity contribution in [3.8, 4) is 5.69 Å². The highest BCUT2D eigenvalue weighted by atomic mass is 16.2. The average molecular weight is 349 g/mol. The normalized spacial score (nSPS) is 11.6. The van der Waals surface area contributed by atoms with E-state index in [9.17, 15) is 9.59 Å². The zero-order chi connectivity index (χ0) is 18.5. The highest BCUT2D eigenvalue weighted by Crippen LogP contribution is 2.18. The molecular formula is C19H19N5O2. The van der Waals surface area contributed by atoms with E-state index in [0.717, 1.165) is 11.3 Å². The standard InChI is InChI=1S/C19H19N5O2/c1-14(15-6-4-3-5-7-15)23(2)19(26)18(25)22-16-12-21-24(13-16)17-8-10-20-11-9-17/h3-14H,1-2H3,(H,22,25)/t14-/m1/s1. The van der Waals surface area contributed by atoms with Crippen molar-refractivity contribution in [2.45, 2.75) is 13.0 Å². The van der Waals surface area contributed by atoms with Gasteiger partial charge in [0.05, 0.1) is 29.8 Å². The molecule has 7 heteroatoms. The molecule has 0 aliphatic heterocycles. The summed E-state index contributed by atoms with van der Waals surface area (Å²) in [5.74, 6) is -1.32. The maximum atomic E-state index is 12.4. The Bertz CT molecular complexity index is 893. The van der Waals surface area contributed by atoms with Gasteiger partial charge in [0.15, 0.2) is 0 Å². The van der Waals surface area contributed by atoms with E-state index in [4.69, 9.17) is 0 Å². The van der Waals surface area contributed by atoms with E-state index in [1.165, 1.54) is 11.1 Å². The third-order valence-corrected chi connectivity index (χ3v) is 4.15. The number of aromatic nitrogens is 3. The topological polar surface area (TPSA) is 80.1 Å². The van der Waals surface area contributed by atoms with Gasteiger partial charge in [-0.15, -0.1) is 0 Å². The number of likely N-dealkylation sites (N-methyl/N-ethyl adjacent to an activating group) is 1. The average Bonchev–Trinajstić information content (AvgIpc) is 3.16. The Morgan fingerprint density at radius 2 is 1.81 bits per heavy atom. The summed E-state index contributed by atoms with van der Waals surface area (Å²) in [5, 5.41) is 6.77. The summed E-state index contributed by atoms with van der Waals surface area (Å²) in [6.45, 7) is 1.88. The SMILES string of the molecule is C[C@H](c1ccccc1)N(C)C(=O)C(=O)Nc1cnn(-c2ccncc2)c1. The van der Waals surface area contributed by atoms with Crippen molar-refractivity contribution in [1.29, 1.82) is 0 Å². The lowest BCUT2D eigenvalue weighted by Crippen LogP contribution is -2.38. The van der Waals surface area contributed by atoms with Crippen LogP contribution in [-0.4, -0.2) is 38.5 Å². The summed E-state index contributed by atoms with van der Waals surface area (Å²) in [7, 11) is 1.61. The Balaban J connectivity index is 1.66. The van der Waals surface area contributed by atoms with Crippen LogP contribution in [0.4, 0.5) is 5.69 Å². The van der Waals surface area contributed by atoms with Gasteiger partial charge in [0.2, 0.25) is 0 Å². The van der Waals surface area contributed by atoms with Crippen molar-refractivity contribution in [2.75, 3.05) is 12.4 Å². The third-order valence-electron chi connectivity index (χ3n) is 4.15. The van der Waals surface area contributed by atoms with Crippen molar-refractivity contribution in [2.24, 2.45) is 0 Å². The molecule has 3 rings (SSSR count). The minimum atomic E-state index is -0.704. The number of amides is 2. The summed E-state index contributed by atoms with van der Waals surface area (Å²) >= 11 is 0. The van der Waals surface area contributed by atoms with Crippen LogP contribution in [0.25, 0.3) is 5.69 Å². The molecule has 2 aromatic heterocycles. The quantitative estimate of drug-likeness (QED) is 0.734. The van der Waals surface area contributed by atoms with Crippen LogP contribution >= 0.6 is 0 Å². The number of carbonyl (C=O) groups is 2. The van der Waals surface area contributed by atoms with Gasteiger partial charge < -0.3 is 10.2 Å². The molecule has 0 aliphatic carbocycles. The number of hydrogen-bond acceptors (Lipinski definition) is 4. The van der Waals surface area contributed by atoms with Crippen molar-refractivity contribution in [3.05, 3.63) is 72.8 Å². The first-order chi connectivity index (χ1) is 12.6. The molecule has 26 heavy (non-hydrogen) atoms. The molecule has 2 heterocycles. The number of nitrogens with one attached hydrogen (secondary N) is 1. The fraction of sp³-hybridized carbons (Fsp3) is 0.158. The molecule has 0 radical (unpaired) electrons. The lowest BCUT2D eigenvalue weighted by atomic mass is 10.1. The molecule has 7 nitrogen and oxygen atoms in total. The molecule has 1 atom stereocenters. The molecule has 1 aromatic carbocycles. The Hall–Kier alpha value is -3.48. The molecule has 1 N–H and O–H groups in total. The highest BCUT2D eigenvalue weighted by Gasteiger charge is 2.24. The van der Waals surface area contributed by atoms with E-state index >= 15 is 0 Å². The number of nitrogens with zero attached hydrogens (tertiary/aromatic N) is 4. The molecule has 0 aliphatic rings. The molecule has 0 spiro atoms. The minimum Gasteiger partial charge on any atom is -0.331 e. The van der Waals surface area contributed by atoms with Crippen molar-refractivity contribution < 1.29 is 9.59 Å². The fourth-order valence-corrected chi connectivity index (χ4v) is 2.50. The second kappa shape index (κ2) is 7.60. The summed E-state index contributed by atoms with van der Waals surface area (Å²) in [6.07, 6.45) is 6.44. The lowest BCUT2D eigenvalue weighted by Gasteiger charge is -2.24. The van der Waals surface area contributed by atoms with E-state index in [-0.39, 0.29) is 6.04 Å². The first-order valence-corrected chi connectivity index (χ1v) is 8.14. The lowest BCUT2D eigenvalue weighted by molar-refractivity contribution is -0.143. The van der Waals surface area contributed by atoms with E-state index in [0.29, 0.717) is 5.69 Å². The summed E-state index contributed by atoms with van der Waals surface area (Å²) in [5.41, 5.74) is 2.21. The first kappa shape index (κ1) is 17.3. The number of rotatable bonds is 4. The molecule has 0 saturated carbocycles. The number of carbonyl (C=O) groups excluding carboxylic acids is 2. The predicted octanol–water partition coefficient (Wildman–Crippen LogP) is 2.43. The van der Waals surface area contributed by atoms with Crippen LogP contribution in [0.15, 0.2) is 67.3 Å². The second-order valence-electron chi connectivity index (χ2n) is 5.84. The van der Waals surface area contributed by atoms with Gasteiger partial charge in [-0.05, 0) is 24.6 Å². The molecule has 0 fully saturated rings. The van der Waals surface area contributed by atoms with Crippen LogP contribution in [0.5, 0.6) is 0 Å². The van der Waals surface area contributed by atoms with Crippen LogP contribution in [0.1, 0.15) is 18.5 Å². The van der Waals surface area contributed by atoms with Crippen molar-refractivity contribution in [3.63, 3.8) is 0 Å². The zero-order valence-corrected chi connectivity index (χ0v) is 14.5. The van der Waals surface area contributed by atoms with Gasteiger partial charge in [-0.25, -0.2) is 4.68 Å². The highest BCUT2D eigenvalue weighted by molar-refractivity contribution is 6.39. The molecule has 132 valence electrons. The molecule has 3 aromatic rings. The maximum absolute atomic E-state index is 12.4. The number of benzene rings is 1. The van der Waals surface area contributed by atoms with Gasteiger partial charge in [-0.1, -0.05) is 30.3 Å². The van der Waals surface area contributed by atoms with Gasteiger partial charge in [0, 0.05) is 19.4 Å². The Kier molecular flexibility index (Phi) is 5.07. The first-order valence-electron chi connectivity index (χ1n) is 8.14. The van der Waals surface area contributed by atoms with Gasteiger partial charge >= 0.3 is 11.8 Å². The molecule has 2 amide bonds. The molecule has 0 unspecified atom stereocenters. The smallest absolute Gasteiger partial charge is 0.313 e. The fourth-order valence-electron chi connectivity index (χ4n) is 2.50. The van der Waals surface area contributed by atoms with Gasteiger partial charge in [-0.3, -0.25) is 14.6 Å². The zero-order valence-electron chi connectivity index (χ0n) is 14.5. The van der Waals surface area contributed by atoms with Gasteiger partial charge in [0.1, 0.15) is 0 Å². The van der Waals surface area contributed by atoms with Crippen LogP contribution in [-0.2, 0) is 9.59 Å². The number of hydrogen-bond donors (Lipinski definition) is 1. The monoisotopic (exact) mass is 349 g/mol. The molecule has 0 bridgehead atoms. The summed E-state index contributed by atoms with van der Waals surface area (Å²) < 4.78 is 1.60. The third kappa shape index (κ3) is 3.77. The van der Waals surface area contributed by atoms with Crippen LogP contribution in [0.2, 0.25) is 0 Å². The van der Waals surface area contributed by atoms with E-state index in [1.54, 1.807) is 42.5 Å². The van der Waals surface area contributed by atoms with Crippen molar-refractivity contribution in [1.82, 2.24) is 19.7 Å². The second-order valence-corrected chi connectivity index (χ2v) is 5.84. The van der Waals surface area contributed by atoms with Crippen LogP contribution < -0.4 is 5.32 Å². The number of anilines is 1.